The number of aliphatic hydroxyl groups excluding tert-OH is 2. The highest BCUT2D eigenvalue weighted by atomic mass is 16.7. The topological polar surface area (TPSA) is 62.2 Å². The van der Waals surface area contributed by atoms with Gasteiger partial charge in [-0.3, -0.25) is 0 Å². The zero-order valence-corrected chi connectivity index (χ0v) is 15.7. The molecule has 4 heteroatoms. The number of hydrogen-bond acceptors (Lipinski definition) is 4. The van der Waals surface area contributed by atoms with Gasteiger partial charge >= 0.3 is 0 Å². The molecule has 0 bridgehead atoms. The summed E-state index contributed by atoms with van der Waals surface area (Å²) in [5.41, 5.74) is -0.0584. The van der Waals surface area contributed by atoms with Crippen molar-refractivity contribution in [2.24, 2.45) is 22.7 Å². The molecule has 2 saturated carbocycles. The molecule has 2 N–H and O–H groups in total. The van der Waals surface area contributed by atoms with Gasteiger partial charge in [0.15, 0.2) is 0 Å². The summed E-state index contributed by atoms with van der Waals surface area (Å²) in [6.07, 6.45) is 6.86. The molecule has 0 unspecified atom stereocenters. The van der Waals surface area contributed by atoms with Crippen LogP contribution in [-0.4, -0.2) is 46.8 Å². The highest BCUT2D eigenvalue weighted by Gasteiger charge is 2.69. The molecule has 4 aliphatic rings. The first-order chi connectivity index (χ1) is 11.2. The lowest BCUT2D eigenvalue weighted by Crippen LogP contribution is -2.55. The Labute approximate surface area is 145 Å². The fourth-order valence-electron chi connectivity index (χ4n) is 7.10. The summed E-state index contributed by atoms with van der Waals surface area (Å²) in [4.78, 5) is 0. The van der Waals surface area contributed by atoms with Crippen LogP contribution in [0.2, 0.25) is 0 Å². The van der Waals surface area contributed by atoms with Gasteiger partial charge in [-0.25, -0.2) is 0 Å². The van der Waals surface area contributed by atoms with Crippen molar-refractivity contribution in [1.82, 2.24) is 0 Å². The average Bonchev–Trinajstić information content (AvgIpc) is 3.13. The number of rotatable bonds is 3. The van der Waals surface area contributed by atoms with E-state index >= 15 is 0 Å². The van der Waals surface area contributed by atoms with Gasteiger partial charge in [-0.1, -0.05) is 27.2 Å². The summed E-state index contributed by atoms with van der Waals surface area (Å²) < 4.78 is 12.3. The standard InChI is InChI=1S/C20H34O4/c1-17(2)7-5-8-18(3)13(17)6-9-19(4)14(18)10-15(23-19)20(12-22)16(11-21)24-20/h13-16,21-22H,5-12H2,1-4H3/t13-,14+,15+,16+,18-,19+,20+/m0/s1. The highest BCUT2D eigenvalue weighted by Crippen LogP contribution is 2.67. The quantitative estimate of drug-likeness (QED) is 0.777. The molecule has 0 radical (unpaired) electrons. The van der Waals surface area contributed by atoms with Crippen LogP contribution in [-0.2, 0) is 9.47 Å². The lowest BCUT2D eigenvalue weighted by molar-refractivity contribution is -0.161. The predicted molar refractivity (Wildman–Crippen MR) is 91.6 cm³/mol. The van der Waals surface area contributed by atoms with Gasteiger partial charge in [-0.05, 0) is 61.7 Å². The molecule has 0 amide bonds. The van der Waals surface area contributed by atoms with Crippen LogP contribution in [0.4, 0.5) is 0 Å². The molecule has 0 spiro atoms. The average molecular weight is 338 g/mol. The molecule has 2 aliphatic carbocycles. The second-order valence-corrected chi connectivity index (χ2v) is 10.0. The zero-order chi connectivity index (χ0) is 17.4. The van der Waals surface area contributed by atoms with E-state index in [9.17, 15) is 10.2 Å². The second kappa shape index (κ2) is 5.18. The van der Waals surface area contributed by atoms with Gasteiger partial charge in [-0.15, -0.1) is 0 Å². The van der Waals surface area contributed by atoms with E-state index in [1.807, 2.05) is 0 Å². The Morgan fingerprint density at radius 1 is 0.958 bits per heavy atom. The van der Waals surface area contributed by atoms with E-state index in [4.69, 9.17) is 9.47 Å². The first kappa shape index (κ1) is 17.3. The van der Waals surface area contributed by atoms with Gasteiger partial charge in [0.1, 0.15) is 11.7 Å². The summed E-state index contributed by atoms with van der Waals surface area (Å²) in [7, 11) is 0. The molecule has 4 rings (SSSR count). The fraction of sp³-hybridized carbons (Fsp3) is 1.00. The summed E-state index contributed by atoms with van der Waals surface area (Å²) >= 11 is 0. The lowest BCUT2D eigenvalue weighted by Gasteiger charge is -2.60. The maximum Gasteiger partial charge on any atom is 0.146 e. The van der Waals surface area contributed by atoms with Crippen molar-refractivity contribution >= 4 is 0 Å². The maximum atomic E-state index is 9.90. The van der Waals surface area contributed by atoms with Crippen LogP contribution in [0, 0.1) is 22.7 Å². The predicted octanol–water partition coefficient (Wildman–Crippen LogP) is 2.90. The second-order valence-electron chi connectivity index (χ2n) is 10.0. The minimum absolute atomic E-state index is 0.0330. The molecule has 2 aliphatic heterocycles. The van der Waals surface area contributed by atoms with E-state index in [2.05, 4.69) is 27.7 Å². The number of epoxide rings is 1. The molecule has 7 atom stereocenters. The van der Waals surface area contributed by atoms with Crippen LogP contribution in [0.15, 0.2) is 0 Å². The Kier molecular flexibility index (Phi) is 3.73. The SMILES string of the molecule is CC1(C)CCC[C@]2(C)[C@H]3C[C@H]([C@@]4(CO)O[C@@H]4CO)O[C@]3(C)CC[C@@H]12. The largest absolute Gasteiger partial charge is 0.394 e. The normalized spacial score (nSPS) is 55.8. The molecular weight excluding hydrogens is 304 g/mol. The smallest absolute Gasteiger partial charge is 0.146 e. The van der Waals surface area contributed by atoms with Crippen LogP contribution in [0.3, 0.4) is 0 Å². The van der Waals surface area contributed by atoms with Crippen LogP contribution < -0.4 is 0 Å². The minimum atomic E-state index is -0.662. The Bertz CT molecular complexity index is 520. The van der Waals surface area contributed by atoms with Gasteiger partial charge in [-0.2, -0.15) is 0 Å². The number of fused-ring (bicyclic) bond motifs is 3. The molecule has 24 heavy (non-hydrogen) atoms. The maximum absolute atomic E-state index is 9.90. The third-order valence-electron chi connectivity index (χ3n) is 8.41. The summed E-state index contributed by atoms with van der Waals surface area (Å²) in [5, 5.41) is 19.4. The first-order valence-electron chi connectivity index (χ1n) is 9.79. The zero-order valence-electron chi connectivity index (χ0n) is 15.7. The number of ether oxygens (including phenoxy) is 2. The van der Waals surface area contributed by atoms with Gasteiger partial charge in [0, 0.05) is 0 Å². The molecule has 0 aromatic rings. The molecule has 4 nitrogen and oxygen atoms in total. The van der Waals surface area contributed by atoms with E-state index in [1.54, 1.807) is 0 Å². The van der Waals surface area contributed by atoms with Crippen LogP contribution >= 0.6 is 0 Å². The Morgan fingerprint density at radius 2 is 1.71 bits per heavy atom. The molecule has 0 aromatic carbocycles. The van der Waals surface area contributed by atoms with E-state index < -0.39 is 5.60 Å². The Hall–Kier alpha value is -0.160. The Morgan fingerprint density at radius 3 is 2.33 bits per heavy atom. The summed E-state index contributed by atoms with van der Waals surface area (Å²) in [5.74, 6) is 1.26. The minimum Gasteiger partial charge on any atom is -0.394 e. The van der Waals surface area contributed by atoms with E-state index in [-0.39, 0.29) is 31.0 Å². The van der Waals surface area contributed by atoms with Gasteiger partial charge in [0.25, 0.3) is 0 Å². The fourth-order valence-corrected chi connectivity index (χ4v) is 7.10. The van der Waals surface area contributed by atoms with Crippen molar-refractivity contribution in [3.05, 3.63) is 0 Å². The summed E-state index contributed by atoms with van der Waals surface area (Å²) in [6.45, 7) is 9.58. The van der Waals surface area contributed by atoms with E-state index in [1.165, 1.54) is 25.7 Å². The van der Waals surface area contributed by atoms with Crippen LogP contribution in [0.25, 0.3) is 0 Å². The third kappa shape index (κ3) is 2.12. The first-order valence-corrected chi connectivity index (χ1v) is 9.79. The third-order valence-corrected chi connectivity index (χ3v) is 8.41. The van der Waals surface area contributed by atoms with Crippen molar-refractivity contribution in [2.75, 3.05) is 13.2 Å². The Balaban J connectivity index is 1.63. The molecule has 0 aromatic heterocycles. The van der Waals surface area contributed by atoms with Crippen molar-refractivity contribution in [1.29, 1.82) is 0 Å². The van der Waals surface area contributed by atoms with Gasteiger partial charge in [0.05, 0.1) is 24.9 Å². The molecule has 2 saturated heterocycles. The van der Waals surface area contributed by atoms with Gasteiger partial charge < -0.3 is 19.7 Å². The van der Waals surface area contributed by atoms with E-state index in [0.29, 0.717) is 16.7 Å². The number of aliphatic hydroxyl groups is 2. The van der Waals surface area contributed by atoms with Crippen LogP contribution in [0.5, 0.6) is 0 Å². The van der Waals surface area contributed by atoms with Crippen molar-refractivity contribution in [3.63, 3.8) is 0 Å². The summed E-state index contributed by atoms with van der Waals surface area (Å²) in [6, 6.07) is 0. The highest BCUT2D eigenvalue weighted by molar-refractivity contribution is 5.17. The van der Waals surface area contributed by atoms with E-state index in [0.717, 1.165) is 18.8 Å². The molecule has 2 heterocycles. The molecule has 138 valence electrons. The van der Waals surface area contributed by atoms with Gasteiger partial charge in [0.2, 0.25) is 0 Å². The molecular formula is C20H34O4. The molecule has 4 fully saturated rings. The van der Waals surface area contributed by atoms with Crippen molar-refractivity contribution < 1.29 is 19.7 Å². The lowest BCUT2D eigenvalue weighted by atomic mass is 9.45. The van der Waals surface area contributed by atoms with Crippen molar-refractivity contribution in [3.8, 4) is 0 Å². The number of hydrogen-bond donors (Lipinski definition) is 2. The van der Waals surface area contributed by atoms with Crippen LogP contribution in [0.1, 0.15) is 66.2 Å². The monoisotopic (exact) mass is 338 g/mol. The van der Waals surface area contributed by atoms with Crippen molar-refractivity contribution in [2.45, 2.75) is 89.6 Å².